The van der Waals surface area contributed by atoms with Gasteiger partial charge in [0.25, 0.3) is 0 Å². The molecule has 0 aromatic heterocycles. The summed E-state index contributed by atoms with van der Waals surface area (Å²) in [5.41, 5.74) is 0. The van der Waals surface area contributed by atoms with Crippen LogP contribution < -0.4 is 21.3 Å². The number of hydrogen-bond acceptors (Lipinski definition) is 13. The standard InChI is InChI=1S/C44H78N4O15S/c1-35(43(56)57)33-64-34-41(53)46-23-22-45-39(51)31-63-30-28-61-26-24-47-40(52)32-62-29-27-60-25-16-17-36(49)20-21-37(44(58)59)48-38(50)18-14-12-10-8-6-4-2-3-5-7-9-11-13-15-19-42(54)55/h35,37H,2-34H2,1H3,(H,45,51)(H,46,53)(H,47,52)(H,48,50)(H,54,55)(H,56,57)(H,58,59)/t35-,37-/m0/s1. The molecule has 0 rings (SSSR count). The predicted molar refractivity (Wildman–Crippen MR) is 241 cm³/mol. The highest BCUT2D eigenvalue weighted by Crippen LogP contribution is 2.14. The van der Waals surface area contributed by atoms with Crippen LogP contribution in [-0.4, -0.2) is 153 Å². The highest BCUT2D eigenvalue weighted by molar-refractivity contribution is 7.99. The van der Waals surface area contributed by atoms with E-state index in [2.05, 4.69) is 21.3 Å². The molecule has 0 radical (unpaired) electrons. The largest absolute Gasteiger partial charge is 0.481 e. The molecule has 0 bridgehead atoms. The Morgan fingerprint density at radius 2 is 0.938 bits per heavy atom. The minimum atomic E-state index is -1.16. The quantitative estimate of drug-likeness (QED) is 0.0427. The lowest BCUT2D eigenvalue weighted by Crippen LogP contribution is -2.41. The molecule has 4 amide bonds. The Bertz CT molecular complexity index is 1310. The Balaban J connectivity index is 3.65. The number of nitrogens with one attached hydrogen (secondary N) is 4. The summed E-state index contributed by atoms with van der Waals surface area (Å²) < 4.78 is 21.3. The van der Waals surface area contributed by atoms with E-state index in [4.69, 9.17) is 29.2 Å². The number of aliphatic carboxylic acids is 3. The molecule has 0 aliphatic rings. The first-order chi connectivity index (χ1) is 30.8. The van der Waals surface area contributed by atoms with Crippen molar-refractivity contribution in [1.82, 2.24) is 21.3 Å². The minimum absolute atomic E-state index is 0.0256. The second kappa shape index (κ2) is 43.1. The van der Waals surface area contributed by atoms with Crippen LogP contribution in [0.3, 0.4) is 0 Å². The number of carboxylic acids is 3. The molecule has 0 aromatic carbocycles. The van der Waals surface area contributed by atoms with Gasteiger partial charge in [-0.2, -0.15) is 11.8 Å². The number of carboxylic acid groups (broad SMARTS) is 3. The third-order valence-corrected chi connectivity index (χ3v) is 10.9. The number of ketones is 1. The normalized spacial score (nSPS) is 12.0. The lowest BCUT2D eigenvalue weighted by atomic mass is 10.0. The lowest BCUT2D eigenvalue weighted by molar-refractivity contribution is -0.142. The summed E-state index contributed by atoms with van der Waals surface area (Å²) in [5.74, 6) is -4.22. The van der Waals surface area contributed by atoms with Crippen LogP contribution in [0.25, 0.3) is 0 Å². The van der Waals surface area contributed by atoms with Crippen LogP contribution in [0, 0.1) is 5.92 Å². The molecule has 20 heteroatoms. The maximum atomic E-state index is 12.3. The van der Waals surface area contributed by atoms with Gasteiger partial charge < -0.3 is 55.5 Å². The average Bonchev–Trinajstić information content (AvgIpc) is 3.25. The maximum Gasteiger partial charge on any atom is 0.326 e. The number of thioether (sulfide) groups is 1. The molecule has 0 saturated carbocycles. The number of rotatable bonds is 47. The van der Waals surface area contributed by atoms with Gasteiger partial charge in [-0.25, -0.2) is 4.79 Å². The van der Waals surface area contributed by atoms with Crippen molar-refractivity contribution in [1.29, 1.82) is 0 Å². The van der Waals surface area contributed by atoms with E-state index in [9.17, 15) is 43.5 Å². The van der Waals surface area contributed by atoms with Crippen molar-refractivity contribution >= 4 is 59.1 Å². The number of hydrogen-bond donors (Lipinski definition) is 7. The summed E-state index contributed by atoms with van der Waals surface area (Å²) in [4.78, 5) is 93.1. The number of Topliss-reactive ketones (excluding diaryl/α,β-unsaturated/α-hetero) is 1. The summed E-state index contributed by atoms with van der Waals surface area (Å²) in [6.07, 6.45) is 16.3. The van der Waals surface area contributed by atoms with Crippen molar-refractivity contribution in [2.45, 2.75) is 141 Å². The predicted octanol–water partition coefficient (Wildman–Crippen LogP) is 3.88. The number of ether oxygens (including phenoxy) is 4. The molecule has 64 heavy (non-hydrogen) atoms. The fraction of sp³-hybridized carbons (Fsp3) is 0.818. The Morgan fingerprint density at radius 3 is 1.45 bits per heavy atom. The fourth-order valence-electron chi connectivity index (χ4n) is 6.00. The zero-order chi connectivity index (χ0) is 47.5. The van der Waals surface area contributed by atoms with Gasteiger partial charge in [-0.15, -0.1) is 0 Å². The summed E-state index contributed by atoms with van der Waals surface area (Å²) in [6.45, 7) is 3.24. The summed E-state index contributed by atoms with van der Waals surface area (Å²) >= 11 is 1.23. The van der Waals surface area contributed by atoms with Crippen molar-refractivity contribution in [2.75, 3.05) is 84.0 Å². The van der Waals surface area contributed by atoms with E-state index >= 15 is 0 Å². The van der Waals surface area contributed by atoms with Gasteiger partial charge in [0.1, 0.15) is 25.0 Å². The fourth-order valence-corrected chi connectivity index (χ4v) is 6.90. The molecule has 0 aliphatic carbocycles. The zero-order valence-corrected chi connectivity index (χ0v) is 39.0. The Labute approximate surface area is 383 Å². The van der Waals surface area contributed by atoms with E-state index in [-0.39, 0.29) is 133 Å². The van der Waals surface area contributed by atoms with Gasteiger partial charge in [0, 0.05) is 57.7 Å². The molecular formula is C44H78N4O15S. The van der Waals surface area contributed by atoms with Gasteiger partial charge >= 0.3 is 17.9 Å². The van der Waals surface area contributed by atoms with Gasteiger partial charge in [-0.1, -0.05) is 84.0 Å². The van der Waals surface area contributed by atoms with Gasteiger partial charge in [0.15, 0.2) is 0 Å². The molecule has 7 N–H and O–H groups in total. The first-order valence-electron chi connectivity index (χ1n) is 23.0. The van der Waals surface area contributed by atoms with Crippen molar-refractivity contribution in [2.24, 2.45) is 5.92 Å². The monoisotopic (exact) mass is 935 g/mol. The topological polar surface area (TPSA) is 282 Å². The summed E-state index contributed by atoms with van der Waals surface area (Å²) in [7, 11) is 0. The molecule has 0 saturated heterocycles. The number of carbonyl (C=O) groups excluding carboxylic acids is 5. The third-order valence-electron chi connectivity index (χ3n) is 9.70. The Morgan fingerprint density at radius 1 is 0.469 bits per heavy atom. The first kappa shape index (κ1) is 60.2. The van der Waals surface area contributed by atoms with Crippen LogP contribution >= 0.6 is 11.8 Å². The molecule has 370 valence electrons. The van der Waals surface area contributed by atoms with Crippen LogP contribution in [0.15, 0.2) is 0 Å². The second-order valence-electron chi connectivity index (χ2n) is 15.6. The smallest absolute Gasteiger partial charge is 0.326 e. The van der Waals surface area contributed by atoms with E-state index in [1.165, 1.54) is 56.7 Å². The van der Waals surface area contributed by atoms with Crippen molar-refractivity contribution < 1.29 is 72.6 Å². The van der Waals surface area contributed by atoms with Gasteiger partial charge in [0.2, 0.25) is 23.6 Å². The number of carbonyl (C=O) groups is 8. The Hall–Kier alpha value is -3.85. The Kier molecular flexibility index (Phi) is 40.5. The molecule has 2 atom stereocenters. The minimum Gasteiger partial charge on any atom is -0.481 e. The number of unbranched alkanes of at least 4 members (excludes halogenated alkanes) is 13. The van der Waals surface area contributed by atoms with Crippen LogP contribution in [0.2, 0.25) is 0 Å². The van der Waals surface area contributed by atoms with E-state index < -0.39 is 29.9 Å². The molecule has 0 unspecified atom stereocenters. The molecular weight excluding hydrogens is 857 g/mol. The van der Waals surface area contributed by atoms with Gasteiger partial charge in [-0.3, -0.25) is 33.6 Å². The van der Waals surface area contributed by atoms with E-state index in [0.29, 0.717) is 25.2 Å². The van der Waals surface area contributed by atoms with E-state index in [1.807, 2.05) is 0 Å². The number of amides is 4. The lowest BCUT2D eigenvalue weighted by Gasteiger charge is -2.14. The van der Waals surface area contributed by atoms with Crippen LogP contribution in [0.4, 0.5) is 0 Å². The molecule has 0 aliphatic heterocycles. The zero-order valence-electron chi connectivity index (χ0n) is 38.1. The van der Waals surface area contributed by atoms with Crippen LogP contribution in [-0.2, 0) is 57.3 Å². The van der Waals surface area contributed by atoms with Crippen molar-refractivity contribution in [3.63, 3.8) is 0 Å². The molecule has 0 fully saturated rings. The summed E-state index contributed by atoms with van der Waals surface area (Å²) in [6, 6.07) is -1.11. The second-order valence-corrected chi connectivity index (χ2v) is 16.6. The van der Waals surface area contributed by atoms with Gasteiger partial charge in [-0.05, 0) is 25.7 Å². The SMILES string of the molecule is C[C@@H](CSCC(=O)NCCNC(=O)COCCOCCNC(=O)COCCOCCCC(=O)CC[C@H](NC(=O)CCCCCCCCCCCCCCCCC(=O)O)C(=O)O)C(=O)O. The first-order valence-corrected chi connectivity index (χ1v) is 24.1. The van der Waals surface area contributed by atoms with Gasteiger partial charge in [0.05, 0.1) is 44.7 Å². The molecule has 0 aromatic rings. The molecule has 19 nitrogen and oxygen atoms in total. The van der Waals surface area contributed by atoms with Crippen molar-refractivity contribution in [3.05, 3.63) is 0 Å². The molecule has 0 spiro atoms. The van der Waals surface area contributed by atoms with E-state index in [0.717, 1.165) is 38.5 Å². The maximum absolute atomic E-state index is 12.3. The van der Waals surface area contributed by atoms with Crippen molar-refractivity contribution in [3.8, 4) is 0 Å². The highest BCUT2D eigenvalue weighted by atomic mass is 32.2. The highest BCUT2D eigenvalue weighted by Gasteiger charge is 2.21. The van der Waals surface area contributed by atoms with Crippen LogP contribution in [0.5, 0.6) is 0 Å². The van der Waals surface area contributed by atoms with Crippen LogP contribution in [0.1, 0.15) is 135 Å². The molecule has 0 heterocycles. The average molecular weight is 935 g/mol. The van der Waals surface area contributed by atoms with E-state index in [1.54, 1.807) is 6.92 Å². The summed E-state index contributed by atoms with van der Waals surface area (Å²) in [5, 5.41) is 37.5. The third kappa shape index (κ3) is 42.1.